The summed E-state index contributed by atoms with van der Waals surface area (Å²) in [5, 5.41) is 0. The van der Waals surface area contributed by atoms with Crippen LogP contribution in [0, 0.1) is 0 Å². The van der Waals surface area contributed by atoms with Gasteiger partial charge < -0.3 is 15.4 Å². The van der Waals surface area contributed by atoms with E-state index in [1.807, 2.05) is 29.2 Å². The Kier molecular flexibility index (Phi) is 5.22. The highest BCUT2D eigenvalue weighted by Crippen LogP contribution is 2.33. The fourth-order valence-electron chi connectivity index (χ4n) is 4.33. The van der Waals surface area contributed by atoms with Crippen LogP contribution in [0.2, 0.25) is 0 Å². The first-order valence-electron chi connectivity index (χ1n) is 10.0. The van der Waals surface area contributed by atoms with Gasteiger partial charge in [0.15, 0.2) is 5.75 Å². The summed E-state index contributed by atoms with van der Waals surface area (Å²) in [6.07, 6.45) is 5.53. The molecule has 2 N–H and O–H groups in total. The normalized spacial score (nSPS) is 20.6. The van der Waals surface area contributed by atoms with Gasteiger partial charge in [0.2, 0.25) is 0 Å². The highest BCUT2D eigenvalue weighted by molar-refractivity contribution is 5.95. The summed E-state index contributed by atoms with van der Waals surface area (Å²) in [5.41, 5.74) is 8.78. The number of likely N-dealkylation sites (tertiary alicyclic amines) is 2. The van der Waals surface area contributed by atoms with Gasteiger partial charge in [-0.3, -0.25) is 14.7 Å². The van der Waals surface area contributed by atoms with Crippen LogP contribution in [-0.2, 0) is 0 Å². The van der Waals surface area contributed by atoms with E-state index in [-0.39, 0.29) is 5.91 Å². The molecule has 0 saturated carbocycles. The molecule has 148 valence electrons. The fourth-order valence-corrected chi connectivity index (χ4v) is 4.33. The number of hydrogen-bond donors (Lipinski definition) is 1. The van der Waals surface area contributed by atoms with Crippen LogP contribution in [0.5, 0.6) is 5.75 Å². The number of aromatic nitrogens is 1. The third-order valence-electron chi connectivity index (χ3n) is 6.02. The minimum absolute atomic E-state index is 0.0972. The van der Waals surface area contributed by atoms with Crippen molar-refractivity contribution in [1.82, 2.24) is 14.8 Å². The molecule has 1 amide bonds. The molecule has 0 bridgehead atoms. The van der Waals surface area contributed by atoms with Gasteiger partial charge in [-0.05, 0) is 44.5 Å². The number of hydrogen-bond acceptors (Lipinski definition) is 5. The summed E-state index contributed by atoms with van der Waals surface area (Å²) >= 11 is 0. The van der Waals surface area contributed by atoms with Crippen molar-refractivity contribution in [2.24, 2.45) is 0 Å². The monoisotopic (exact) mass is 380 g/mol. The highest BCUT2D eigenvalue weighted by Gasteiger charge is 2.37. The molecule has 0 unspecified atom stereocenters. The maximum Gasteiger partial charge on any atom is 0.253 e. The number of ether oxygens (including phenoxy) is 1. The summed E-state index contributed by atoms with van der Waals surface area (Å²) in [4.78, 5) is 21.7. The number of nitrogens with two attached hydrogens (primary N) is 1. The standard InChI is InChI=1S/C22H28N4O2/c1-15-5-3-4-12-26(15)18-13-25(14-18)22(27)17-8-6-16(7-9-17)20-21(28-2)19(23)10-11-24-20/h6-11,15,18H,3-5,12-14H2,1-2H3,(H2,23,24)/t15-/m0/s1. The number of methoxy groups -OCH3 is 1. The summed E-state index contributed by atoms with van der Waals surface area (Å²) < 4.78 is 5.38. The number of nitrogens with zero attached hydrogens (tertiary/aromatic N) is 3. The molecule has 6 heteroatoms. The quantitative estimate of drug-likeness (QED) is 0.883. The lowest BCUT2D eigenvalue weighted by Gasteiger charge is -2.49. The number of nitrogen functional groups attached to an aromatic ring is 1. The molecule has 2 fully saturated rings. The number of carbonyl (C=O) groups excluding carboxylic acids is 1. The Morgan fingerprint density at radius 1 is 1.18 bits per heavy atom. The third kappa shape index (κ3) is 3.44. The van der Waals surface area contributed by atoms with E-state index < -0.39 is 0 Å². The largest absolute Gasteiger partial charge is 0.492 e. The average molecular weight is 380 g/mol. The van der Waals surface area contributed by atoms with Crippen molar-refractivity contribution in [3.05, 3.63) is 42.1 Å². The fraction of sp³-hybridized carbons (Fsp3) is 0.455. The lowest BCUT2D eigenvalue weighted by molar-refractivity contribution is 0.00213. The molecule has 2 saturated heterocycles. The van der Waals surface area contributed by atoms with E-state index in [0.717, 1.165) is 25.2 Å². The van der Waals surface area contributed by atoms with Crippen molar-refractivity contribution >= 4 is 11.6 Å². The van der Waals surface area contributed by atoms with Crippen molar-refractivity contribution in [1.29, 1.82) is 0 Å². The zero-order chi connectivity index (χ0) is 19.7. The van der Waals surface area contributed by atoms with E-state index in [4.69, 9.17) is 10.5 Å². The lowest BCUT2D eigenvalue weighted by Crippen LogP contribution is -2.63. The predicted molar refractivity (Wildman–Crippen MR) is 110 cm³/mol. The van der Waals surface area contributed by atoms with Gasteiger partial charge in [0, 0.05) is 42.5 Å². The van der Waals surface area contributed by atoms with Gasteiger partial charge in [-0.25, -0.2) is 0 Å². The molecule has 2 aromatic rings. The minimum Gasteiger partial charge on any atom is -0.492 e. The maximum atomic E-state index is 12.8. The van der Waals surface area contributed by atoms with E-state index in [0.29, 0.717) is 34.8 Å². The molecular formula is C22H28N4O2. The highest BCUT2D eigenvalue weighted by atomic mass is 16.5. The van der Waals surface area contributed by atoms with Crippen LogP contribution in [0.1, 0.15) is 36.5 Å². The van der Waals surface area contributed by atoms with E-state index in [2.05, 4.69) is 16.8 Å². The number of amides is 1. The van der Waals surface area contributed by atoms with Gasteiger partial charge in [-0.2, -0.15) is 0 Å². The molecule has 2 aliphatic rings. The second-order valence-electron chi connectivity index (χ2n) is 7.81. The molecule has 1 aromatic carbocycles. The smallest absolute Gasteiger partial charge is 0.253 e. The van der Waals surface area contributed by atoms with Gasteiger partial charge in [-0.15, -0.1) is 0 Å². The van der Waals surface area contributed by atoms with E-state index in [1.54, 1.807) is 19.4 Å². The van der Waals surface area contributed by atoms with Crippen molar-refractivity contribution in [2.45, 2.75) is 38.3 Å². The first-order valence-corrected chi connectivity index (χ1v) is 10.0. The Labute approximate surface area is 166 Å². The predicted octanol–water partition coefficient (Wildman–Crippen LogP) is 3.04. The topological polar surface area (TPSA) is 71.7 Å². The zero-order valence-corrected chi connectivity index (χ0v) is 16.6. The molecule has 1 aromatic heterocycles. The molecule has 6 nitrogen and oxygen atoms in total. The average Bonchev–Trinajstić information content (AvgIpc) is 2.68. The Balaban J connectivity index is 1.42. The number of pyridine rings is 1. The Morgan fingerprint density at radius 3 is 2.61 bits per heavy atom. The Bertz CT molecular complexity index is 846. The van der Waals surface area contributed by atoms with Gasteiger partial charge >= 0.3 is 0 Å². The Morgan fingerprint density at radius 2 is 1.93 bits per heavy atom. The molecule has 0 radical (unpaired) electrons. The molecule has 4 rings (SSSR count). The summed E-state index contributed by atoms with van der Waals surface area (Å²) in [7, 11) is 1.58. The molecule has 0 aliphatic carbocycles. The second-order valence-corrected chi connectivity index (χ2v) is 7.81. The van der Waals surface area contributed by atoms with Crippen molar-refractivity contribution in [2.75, 3.05) is 32.5 Å². The number of rotatable bonds is 4. The summed E-state index contributed by atoms with van der Waals surface area (Å²) in [5.74, 6) is 0.655. The molecular weight excluding hydrogens is 352 g/mol. The summed E-state index contributed by atoms with van der Waals surface area (Å²) in [6, 6.07) is 10.4. The van der Waals surface area contributed by atoms with E-state index in [9.17, 15) is 4.79 Å². The van der Waals surface area contributed by atoms with Crippen LogP contribution in [-0.4, -0.2) is 59.5 Å². The zero-order valence-electron chi connectivity index (χ0n) is 16.6. The van der Waals surface area contributed by atoms with E-state index >= 15 is 0 Å². The molecule has 3 heterocycles. The molecule has 0 spiro atoms. The number of anilines is 1. The number of benzene rings is 1. The number of piperidine rings is 1. The third-order valence-corrected chi connectivity index (χ3v) is 6.02. The van der Waals surface area contributed by atoms with Crippen LogP contribution in [0.15, 0.2) is 36.5 Å². The summed E-state index contributed by atoms with van der Waals surface area (Å²) in [6.45, 7) is 5.13. The number of carbonyl (C=O) groups is 1. The molecule has 2 aliphatic heterocycles. The minimum atomic E-state index is 0.0972. The van der Waals surface area contributed by atoms with Crippen molar-refractivity contribution in [3.8, 4) is 17.0 Å². The lowest BCUT2D eigenvalue weighted by atomic mass is 9.97. The van der Waals surface area contributed by atoms with Crippen LogP contribution in [0.25, 0.3) is 11.3 Å². The van der Waals surface area contributed by atoms with Gasteiger partial charge in [0.05, 0.1) is 12.8 Å². The maximum absolute atomic E-state index is 12.8. The van der Waals surface area contributed by atoms with Crippen LogP contribution < -0.4 is 10.5 Å². The second kappa shape index (κ2) is 7.80. The van der Waals surface area contributed by atoms with Gasteiger partial charge in [0.25, 0.3) is 5.91 Å². The first kappa shape index (κ1) is 18.7. The molecule has 1 atom stereocenters. The van der Waals surface area contributed by atoms with Crippen molar-refractivity contribution < 1.29 is 9.53 Å². The van der Waals surface area contributed by atoms with Gasteiger partial charge in [-0.1, -0.05) is 18.6 Å². The van der Waals surface area contributed by atoms with Crippen LogP contribution in [0.3, 0.4) is 0 Å². The SMILES string of the molecule is COc1c(N)ccnc1-c1ccc(C(=O)N2CC(N3CCCC[C@@H]3C)C2)cc1. The Hall–Kier alpha value is -2.60. The van der Waals surface area contributed by atoms with Crippen LogP contribution in [0.4, 0.5) is 5.69 Å². The first-order chi connectivity index (χ1) is 13.6. The van der Waals surface area contributed by atoms with Crippen LogP contribution >= 0.6 is 0 Å². The van der Waals surface area contributed by atoms with Crippen molar-refractivity contribution in [3.63, 3.8) is 0 Å². The van der Waals surface area contributed by atoms with E-state index in [1.165, 1.54) is 19.3 Å². The molecule has 28 heavy (non-hydrogen) atoms. The van der Waals surface area contributed by atoms with Gasteiger partial charge in [0.1, 0.15) is 5.69 Å².